The Morgan fingerprint density at radius 1 is 1.06 bits per heavy atom. The summed E-state index contributed by atoms with van der Waals surface area (Å²) in [4.78, 5) is 11.9. The molecule has 90 valence electrons. The molecular weight excluding hydrogens is 229 g/mol. The number of para-hydroxylation sites is 1. The van der Waals surface area contributed by atoms with Crippen LogP contribution in [-0.4, -0.2) is 18.6 Å². The Hall–Kier alpha value is -2.27. The van der Waals surface area contributed by atoms with Gasteiger partial charge in [-0.1, -0.05) is 18.2 Å². The maximum atomic E-state index is 11.9. The summed E-state index contributed by atoms with van der Waals surface area (Å²) in [6.07, 6.45) is 0. The van der Waals surface area contributed by atoms with Crippen LogP contribution in [0.15, 0.2) is 54.6 Å². The van der Waals surface area contributed by atoms with E-state index in [-0.39, 0.29) is 13.6 Å². The van der Waals surface area contributed by atoms with Crippen molar-refractivity contribution in [1.29, 1.82) is 0 Å². The van der Waals surface area contributed by atoms with E-state index in [1.54, 1.807) is 24.3 Å². The lowest BCUT2D eigenvalue weighted by Gasteiger charge is -2.06. The van der Waals surface area contributed by atoms with Gasteiger partial charge in [-0.2, -0.15) is 0 Å². The summed E-state index contributed by atoms with van der Waals surface area (Å²) in [7, 11) is -0.379. The highest BCUT2D eigenvalue weighted by atomic mass is 16.5. The van der Waals surface area contributed by atoms with Crippen LogP contribution < -0.4 is 9.97 Å². The number of benzene rings is 2. The van der Waals surface area contributed by atoms with Crippen molar-refractivity contribution in [2.45, 2.75) is 0 Å². The van der Waals surface area contributed by atoms with Crippen molar-refractivity contribution in [2.24, 2.45) is 0 Å². The van der Waals surface area contributed by atoms with E-state index in [1.807, 2.05) is 30.3 Å². The number of carbonyl (C=O) groups is 1. The van der Waals surface area contributed by atoms with Gasteiger partial charge in [0.1, 0.15) is 5.75 Å². The largest absolute Gasteiger partial charge is 0.539 e. The van der Waals surface area contributed by atoms with Gasteiger partial charge in [0.15, 0.2) is 0 Å². The summed E-state index contributed by atoms with van der Waals surface area (Å²) in [5.41, 5.74) is 1.28. The molecule has 5 heteroatoms. The van der Waals surface area contributed by atoms with Gasteiger partial charge in [-0.3, -0.25) is 4.79 Å². The highest BCUT2D eigenvalue weighted by Gasteiger charge is 2.05. The predicted octanol–water partition coefficient (Wildman–Crippen LogP) is 1.58. The van der Waals surface area contributed by atoms with Crippen molar-refractivity contribution >= 4 is 19.3 Å². The lowest BCUT2D eigenvalue weighted by atomic mass is 10.2. The highest BCUT2D eigenvalue weighted by Crippen LogP contribution is 2.13. The van der Waals surface area contributed by atoms with Crippen LogP contribution in [0.1, 0.15) is 10.4 Å². The van der Waals surface area contributed by atoms with Crippen LogP contribution in [0.3, 0.4) is 0 Å². The maximum absolute atomic E-state index is 11.9. The molecule has 0 aromatic heterocycles. The second-order valence-electron chi connectivity index (χ2n) is 3.62. The molecule has 1 amide bonds. The van der Waals surface area contributed by atoms with E-state index in [0.29, 0.717) is 11.3 Å². The number of anilines is 1. The van der Waals surface area contributed by atoms with Crippen molar-refractivity contribution in [1.82, 2.24) is 0 Å². The zero-order valence-electron chi connectivity index (χ0n) is 9.67. The minimum absolute atomic E-state index is 0.184. The highest BCUT2D eigenvalue weighted by molar-refractivity contribution is 6.17. The molecule has 0 heterocycles. The van der Waals surface area contributed by atoms with Crippen molar-refractivity contribution in [3.63, 3.8) is 0 Å². The summed E-state index contributed by atoms with van der Waals surface area (Å²) < 4.78 is 4.88. The molecular formula is C13H12BNO3. The zero-order chi connectivity index (χ0) is 12.8. The first-order chi connectivity index (χ1) is 8.79. The average Bonchev–Trinajstić information content (AvgIpc) is 2.41. The fraction of sp³-hybridized carbons (Fsp3) is 0. The predicted molar refractivity (Wildman–Crippen MR) is 70.8 cm³/mol. The summed E-state index contributed by atoms with van der Waals surface area (Å²) in [6, 6.07) is 15.8. The molecule has 4 nitrogen and oxygen atoms in total. The third-order valence-corrected chi connectivity index (χ3v) is 2.38. The van der Waals surface area contributed by atoms with Crippen molar-refractivity contribution < 1.29 is 14.5 Å². The molecule has 0 unspecified atom stereocenters. The van der Waals surface area contributed by atoms with Crippen molar-refractivity contribution in [3.05, 3.63) is 60.2 Å². The quantitative estimate of drug-likeness (QED) is 0.799. The van der Waals surface area contributed by atoms with Crippen LogP contribution in [0.2, 0.25) is 0 Å². The van der Waals surface area contributed by atoms with Crippen LogP contribution in [0, 0.1) is 0 Å². The third-order valence-electron chi connectivity index (χ3n) is 2.38. The van der Waals surface area contributed by atoms with E-state index in [0.717, 1.165) is 5.69 Å². The van der Waals surface area contributed by atoms with E-state index < -0.39 is 0 Å². The Kier molecular flexibility index (Phi) is 3.99. The Morgan fingerprint density at radius 3 is 2.33 bits per heavy atom. The summed E-state index contributed by atoms with van der Waals surface area (Å²) in [6.45, 7) is 0. The topological polar surface area (TPSA) is 58.6 Å². The van der Waals surface area contributed by atoms with Crippen molar-refractivity contribution in [2.75, 3.05) is 5.32 Å². The van der Waals surface area contributed by atoms with E-state index >= 15 is 0 Å². The Labute approximate surface area is 106 Å². The van der Waals surface area contributed by atoms with Crippen molar-refractivity contribution in [3.8, 4) is 5.75 Å². The van der Waals surface area contributed by atoms with Crippen LogP contribution in [0.25, 0.3) is 0 Å². The molecule has 2 aromatic rings. The molecule has 0 spiro atoms. The molecule has 18 heavy (non-hydrogen) atoms. The molecule has 0 aliphatic carbocycles. The van der Waals surface area contributed by atoms with E-state index in [1.165, 1.54) is 0 Å². The van der Waals surface area contributed by atoms with Crippen LogP contribution in [0.4, 0.5) is 5.69 Å². The summed E-state index contributed by atoms with van der Waals surface area (Å²) >= 11 is 0. The lowest BCUT2D eigenvalue weighted by Crippen LogP contribution is -2.11. The van der Waals surface area contributed by atoms with Gasteiger partial charge in [-0.05, 0) is 36.4 Å². The standard InChI is InChI=1S/C13H12BNO3/c16-13(15-11-4-2-1-3-5-11)10-6-8-12(9-7-10)18-14-17/h1-9,14,17H,(H,15,16). The number of amides is 1. The molecule has 2 aromatic carbocycles. The normalized spacial score (nSPS) is 9.61. The molecule has 0 radical (unpaired) electrons. The first-order valence-electron chi connectivity index (χ1n) is 5.50. The molecule has 0 aliphatic heterocycles. The molecule has 0 bridgehead atoms. The SMILES string of the molecule is O=C(Nc1ccccc1)c1ccc(OBO)cc1. The first kappa shape index (κ1) is 12.2. The number of hydrogen-bond acceptors (Lipinski definition) is 3. The second-order valence-corrected chi connectivity index (χ2v) is 3.62. The second kappa shape index (κ2) is 5.88. The lowest BCUT2D eigenvalue weighted by molar-refractivity contribution is 0.102. The third kappa shape index (κ3) is 3.12. The minimum atomic E-state index is -0.379. The summed E-state index contributed by atoms with van der Waals surface area (Å²) in [5.74, 6) is 0.338. The van der Waals surface area contributed by atoms with E-state index in [2.05, 4.69) is 5.32 Å². The Balaban J connectivity index is 2.05. The van der Waals surface area contributed by atoms with Gasteiger partial charge in [0.2, 0.25) is 0 Å². The van der Waals surface area contributed by atoms with Gasteiger partial charge in [0, 0.05) is 11.3 Å². The van der Waals surface area contributed by atoms with Gasteiger partial charge in [0.25, 0.3) is 5.91 Å². The smallest absolute Gasteiger partial charge is 0.504 e. The van der Waals surface area contributed by atoms with Gasteiger partial charge < -0.3 is 15.0 Å². The first-order valence-corrected chi connectivity index (χ1v) is 5.50. The van der Waals surface area contributed by atoms with Crippen LogP contribution in [0.5, 0.6) is 5.75 Å². The fourth-order valence-electron chi connectivity index (χ4n) is 1.50. The number of rotatable bonds is 4. The monoisotopic (exact) mass is 241 g/mol. The molecule has 0 atom stereocenters. The van der Waals surface area contributed by atoms with E-state index in [4.69, 9.17) is 9.68 Å². The van der Waals surface area contributed by atoms with Gasteiger partial charge in [0.05, 0.1) is 0 Å². The molecule has 0 saturated carbocycles. The molecule has 0 fully saturated rings. The zero-order valence-corrected chi connectivity index (χ0v) is 9.67. The van der Waals surface area contributed by atoms with Gasteiger partial charge in [-0.15, -0.1) is 0 Å². The number of hydrogen-bond donors (Lipinski definition) is 2. The fourth-order valence-corrected chi connectivity index (χ4v) is 1.50. The Bertz CT molecular complexity index is 514. The van der Waals surface area contributed by atoms with Crippen LogP contribution in [-0.2, 0) is 0 Å². The maximum Gasteiger partial charge on any atom is 0.504 e. The summed E-state index contributed by atoms with van der Waals surface area (Å²) in [5, 5.41) is 11.4. The van der Waals surface area contributed by atoms with Crippen LogP contribution >= 0.6 is 0 Å². The number of nitrogens with one attached hydrogen (secondary N) is 1. The minimum Gasteiger partial charge on any atom is -0.539 e. The Morgan fingerprint density at radius 2 is 1.72 bits per heavy atom. The van der Waals surface area contributed by atoms with Gasteiger partial charge in [-0.25, -0.2) is 0 Å². The molecule has 2 N–H and O–H groups in total. The molecule has 0 aliphatic rings. The molecule has 0 saturated heterocycles. The van der Waals surface area contributed by atoms with E-state index in [9.17, 15) is 4.79 Å². The molecule has 2 rings (SSSR count). The van der Waals surface area contributed by atoms with Gasteiger partial charge >= 0.3 is 7.69 Å². The average molecular weight is 241 g/mol. The number of carbonyl (C=O) groups excluding carboxylic acids is 1.